The van der Waals surface area contributed by atoms with Gasteiger partial charge in [-0.25, -0.2) is 9.97 Å². The van der Waals surface area contributed by atoms with Crippen LogP contribution in [0.5, 0.6) is 0 Å². The zero-order valence-electron chi connectivity index (χ0n) is 14.1. The fraction of sp³-hybridized carbons (Fsp3) is 0.316. The lowest BCUT2D eigenvalue weighted by Gasteiger charge is -2.29. The number of nitrogens with zero attached hydrogens (tertiary/aromatic N) is 4. The van der Waals surface area contributed by atoms with Gasteiger partial charge in [0.15, 0.2) is 0 Å². The molecule has 5 nitrogen and oxygen atoms in total. The van der Waals surface area contributed by atoms with Crippen molar-refractivity contribution in [3.63, 3.8) is 0 Å². The second-order valence-electron chi connectivity index (χ2n) is 6.70. The second kappa shape index (κ2) is 6.32. The van der Waals surface area contributed by atoms with Crippen LogP contribution in [0.2, 0.25) is 0 Å². The zero-order valence-corrected chi connectivity index (χ0v) is 16.5. The highest BCUT2D eigenvalue weighted by Gasteiger charge is 2.37. The van der Waals surface area contributed by atoms with E-state index in [1.54, 1.807) is 17.7 Å². The van der Waals surface area contributed by atoms with E-state index in [0.29, 0.717) is 0 Å². The Bertz CT molecular complexity index is 1000. The van der Waals surface area contributed by atoms with Crippen LogP contribution in [0.3, 0.4) is 0 Å². The number of hydrogen-bond donors (Lipinski definition) is 0. The number of carbonyl (C=O) groups is 1. The van der Waals surface area contributed by atoms with Gasteiger partial charge in [0.1, 0.15) is 23.0 Å². The summed E-state index contributed by atoms with van der Waals surface area (Å²) >= 11 is 5.13. The molecule has 0 aliphatic carbocycles. The minimum atomic E-state index is -0.150. The molecule has 26 heavy (non-hydrogen) atoms. The largest absolute Gasteiger partial charge is 0.344 e. The molecule has 2 aliphatic rings. The van der Waals surface area contributed by atoms with Gasteiger partial charge in [-0.1, -0.05) is 15.9 Å². The lowest BCUT2D eigenvalue weighted by atomic mass is 10.1. The number of anilines is 2. The van der Waals surface area contributed by atoms with E-state index in [0.717, 1.165) is 58.5 Å². The Morgan fingerprint density at radius 3 is 3.08 bits per heavy atom. The van der Waals surface area contributed by atoms with Crippen LogP contribution in [0.15, 0.2) is 40.4 Å². The first kappa shape index (κ1) is 16.2. The monoisotopic (exact) mass is 428 g/mol. The second-order valence-corrected chi connectivity index (χ2v) is 8.51. The van der Waals surface area contributed by atoms with Crippen molar-refractivity contribution >= 4 is 54.9 Å². The first-order chi connectivity index (χ1) is 12.7. The van der Waals surface area contributed by atoms with E-state index >= 15 is 0 Å². The molecule has 0 unspecified atom stereocenters. The van der Waals surface area contributed by atoms with Crippen molar-refractivity contribution in [1.29, 1.82) is 0 Å². The van der Waals surface area contributed by atoms with Crippen molar-refractivity contribution in [2.75, 3.05) is 22.9 Å². The minimum Gasteiger partial charge on any atom is -0.344 e. The Morgan fingerprint density at radius 2 is 2.15 bits per heavy atom. The fourth-order valence-electron chi connectivity index (χ4n) is 4.06. The van der Waals surface area contributed by atoms with E-state index in [-0.39, 0.29) is 11.9 Å². The molecule has 7 heteroatoms. The Morgan fingerprint density at radius 1 is 1.23 bits per heavy atom. The first-order valence-corrected chi connectivity index (χ1v) is 10.4. The molecule has 1 aromatic carbocycles. The fourth-order valence-corrected chi connectivity index (χ4v) is 5.20. The molecule has 0 bridgehead atoms. The van der Waals surface area contributed by atoms with Gasteiger partial charge in [-0.15, -0.1) is 11.3 Å². The molecule has 1 amide bonds. The van der Waals surface area contributed by atoms with Crippen LogP contribution in [0.1, 0.15) is 18.4 Å². The van der Waals surface area contributed by atoms with Crippen molar-refractivity contribution in [1.82, 2.24) is 9.97 Å². The van der Waals surface area contributed by atoms with Crippen LogP contribution >= 0.6 is 27.3 Å². The van der Waals surface area contributed by atoms with Gasteiger partial charge < -0.3 is 9.80 Å². The van der Waals surface area contributed by atoms with Gasteiger partial charge in [0.05, 0.1) is 5.39 Å². The Kier molecular flexibility index (Phi) is 3.94. The number of amides is 1. The summed E-state index contributed by atoms with van der Waals surface area (Å²) in [5.74, 6) is 1.08. The summed E-state index contributed by atoms with van der Waals surface area (Å²) in [5.41, 5.74) is 2.29. The van der Waals surface area contributed by atoms with E-state index in [9.17, 15) is 4.79 Å². The summed E-state index contributed by atoms with van der Waals surface area (Å²) in [5, 5.41) is 3.08. The standard InChI is InChI=1S/C19H17BrN4OS/c20-13-3-4-15-12(10-13)5-8-24(15)19(25)16-2-1-7-23(16)17-14-6-9-26-18(14)22-11-21-17/h3-4,6,9-11,16H,1-2,5,7-8H2/t16-/m1/s1. The molecule has 132 valence electrons. The molecule has 1 saturated heterocycles. The van der Waals surface area contributed by atoms with Crippen molar-refractivity contribution in [2.24, 2.45) is 0 Å². The maximum atomic E-state index is 13.4. The van der Waals surface area contributed by atoms with Crippen LogP contribution in [0, 0.1) is 0 Å². The molecule has 0 N–H and O–H groups in total. The summed E-state index contributed by atoms with van der Waals surface area (Å²) in [6.07, 6.45) is 4.40. The predicted octanol–water partition coefficient (Wildman–Crippen LogP) is 4.01. The van der Waals surface area contributed by atoms with Crippen molar-refractivity contribution < 1.29 is 4.79 Å². The van der Waals surface area contributed by atoms with E-state index < -0.39 is 0 Å². The number of rotatable bonds is 2. The highest BCUT2D eigenvalue weighted by molar-refractivity contribution is 9.10. The van der Waals surface area contributed by atoms with Crippen molar-refractivity contribution in [3.8, 4) is 0 Å². The van der Waals surface area contributed by atoms with Gasteiger partial charge in [-0.3, -0.25) is 4.79 Å². The summed E-state index contributed by atoms with van der Waals surface area (Å²) in [6.45, 7) is 1.62. The van der Waals surface area contributed by atoms with Gasteiger partial charge in [-0.2, -0.15) is 0 Å². The smallest absolute Gasteiger partial charge is 0.249 e. The summed E-state index contributed by atoms with van der Waals surface area (Å²) in [7, 11) is 0. The van der Waals surface area contributed by atoms with Gasteiger partial charge >= 0.3 is 0 Å². The number of thiophene rings is 1. The topological polar surface area (TPSA) is 49.3 Å². The Hall–Kier alpha value is -1.99. The van der Waals surface area contributed by atoms with Crippen LogP contribution in [0.4, 0.5) is 11.5 Å². The lowest BCUT2D eigenvalue weighted by molar-refractivity contribution is -0.119. The van der Waals surface area contributed by atoms with Crippen LogP contribution in [-0.4, -0.2) is 35.0 Å². The van der Waals surface area contributed by atoms with Gasteiger partial charge in [-0.05, 0) is 54.5 Å². The SMILES string of the molecule is O=C([C@H]1CCCN1c1ncnc2sccc12)N1CCc2cc(Br)ccc21. The number of hydrogen-bond acceptors (Lipinski definition) is 5. The quantitative estimate of drug-likeness (QED) is 0.618. The molecule has 1 fully saturated rings. The molecule has 0 saturated carbocycles. The number of halogens is 1. The highest BCUT2D eigenvalue weighted by Crippen LogP contribution is 2.35. The molecule has 5 rings (SSSR count). The number of benzene rings is 1. The van der Waals surface area contributed by atoms with Crippen molar-refractivity contribution in [3.05, 3.63) is 46.0 Å². The summed E-state index contributed by atoms with van der Waals surface area (Å²) in [6, 6.07) is 8.08. The van der Waals surface area contributed by atoms with E-state index in [1.807, 2.05) is 22.4 Å². The number of fused-ring (bicyclic) bond motifs is 2. The molecule has 0 radical (unpaired) electrons. The third-order valence-electron chi connectivity index (χ3n) is 5.25. The lowest BCUT2D eigenvalue weighted by Crippen LogP contribution is -2.45. The molecule has 0 spiro atoms. The van der Waals surface area contributed by atoms with Crippen LogP contribution in [-0.2, 0) is 11.2 Å². The molecule has 4 heterocycles. The molecule has 3 aromatic rings. The predicted molar refractivity (Wildman–Crippen MR) is 108 cm³/mol. The third kappa shape index (κ3) is 2.53. The van der Waals surface area contributed by atoms with E-state index in [4.69, 9.17) is 0 Å². The molecule has 2 aliphatic heterocycles. The average Bonchev–Trinajstić information content (AvgIpc) is 3.38. The van der Waals surface area contributed by atoms with Gasteiger partial charge in [0, 0.05) is 23.2 Å². The zero-order chi connectivity index (χ0) is 17.7. The first-order valence-electron chi connectivity index (χ1n) is 8.77. The normalized spacial score (nSPS) is 19.3. The maximum Gasteiger partial charge on any atom is 0.249 e. The van der Waals surface area contributed by atoms with E-state index in [1.165, 1.54) is 5.56 Å². The van der Waals surface area contributed by atoms with E-state index in [2.05, 4.69) is 42.9 Å². The average molecular weight is 429 g/mol. The van der Waals surface area contributed by atoms with Crippen molar-refractivity contribution in [2.45, 2.75) is 25.3 Å². The summed E-state index contributed by atoms with van der Waals surface area (Å²) in [4.78, 5) is 27.4. The maximum absolute atomic E-state index is 13.4. The number of aromatic nitrogens is 2. The minimum absolute atomic E-state index is 0.150. The highest BCUT2D eigenvalue weighted by atomic mass is 79.9. The third-order valence-corrected chi connectivity index (χ3v) is 6.57. The van der Waals surface area contributed by atoms with Crippen LogP contribution in [0.25, 0.3) is 10.2 Å². The van der Waals surface area contributed by atoms with Gasteiger partial charge in [0.25, 0.3) is 0 Å². The molecule has 1 atom stereocenters. The summed E-state index contributed by atoms with van der Waals surface area (Å²) < 4.78 is 1.06. The molecule has 2 aromatic heterocycles. The molecular formula is C19H17BrN4OS. The number of carbonyl (C=O) groups excluding carboxylic acids is 1. The Labute approximate surface area is 163 Å². The van der Waals surface area contributed by atoms with Gasteiger partial charge in [0.2, 0.25) is 5.91 Å². The molecular weight excluding hydrogens is 412 g/mol. The van der Waals surface area contributed by atoms with Crippen LogP contribution < -0.4 is 9.80 Å². The Balaban J connectivity index is 1.48.